The van der Waals surface area contributed by atoms with Crippen molar-refractivity contribution in [3.8, 4) is 5.75 Å². The molecular formula is C34H40O3. The average Bonchev–Trinajstić information content (AvgIpc) is 2.95. The number of unbranched alkanes of at least 4 members (excludes halogenated alkanes) is 7. The topological polar surface area (TPSA) is 35.5 Å². The molecule has 0 unspecified atom stereocenters. The molecule has 0 aliphatic rings. The first-order valence-corrected chi connectivity index (χ1v) is 13.5. The minimum absolute atomic E-state index is 0.0108. The molecule has 0 bridgehead atoms. The van der Waals surface area contributed by atoms with Gasteiger partial charge in [-0.05, 0) is 47.7 Å². The van der Waals surface area contributed by atoms with Crippen molar-refractivity contribution in [3.63, 3.8) is 0 Å². The maximum Gasteiger partial charge on any atom is 0.185 e. The molecule has 0 aliphatic carbocycles. The van der Waals surface area contributed by atoms with Gasteiger partial charge in [-0.2, -0.15) is 0 Å². The quantitative estimate of drug-likeness (QED) is 0.100. The van der Waals surface area contributed by atoms with Crippen molar-refractivity contribution >= 4 is 17.9 Å². The van der Waals surface area contributed by atoms with Gasteiger partial charge in [-0.3, -0.25) is 4.79 Å². The molecule has 3 heteroatoms. The zero-order chi connectivity index (χ0) is 26.0. The molecule has 0 radical (unpaired) electrons. The monoisotopic (exact) mass is 496 g/mol. The van der Waals surface area contributed by atoms with Gasteiger partial charge in [0, 0.05) is 12.2 Å². The fourth-order valence-electron chi connectivity index (χ4n) is 4.04. The van der Waals surface area contributed by atoms with Gasteiger partial charge in [0.25, 0.3) is 0 Å². The third-order valence-corrected chi connectivity index (χ3v) is 6.30. The van der Waals surface area contributed by atoms with E-state index in [1.807, 2.05) is 66.7 Å². The smallest absolute Gasteiger partial charge is 0.185 e. The number of benzene rings is 3. The third kappa shape index (κ3) is 11.4. The number of allylic oxidation sites excluding steroid dienone is 1. The highest BCUT2D eigenvalue weighted by molar-refractivity contribution is 6.06. The molecule has 0 aliphatic heterocycles. The number of hydrogen-bond donors (Lipinski definition) is 0. The summed E-state index contributed by atoms with van der Waals surface area (Å²) in [7, 11) is 0. The van der Waals surface area contributed by atoms with Gasteiger partial charge in [0.2, 0.25) is 0 Å². The van der Waals surface area contributed by atoms with Crippen LogP contribution >= 0.6 is 0 Å². The van der Waals surface area contributed by atoms with Gasteiger partial charge in [-0.15, -0.1) is 0 Å². The second-order valence-corrected chi connectivity index (χ2v) is 9.31. The van der Waals surface area contributed by atoms with E-state index in [4.69, 9.17) is 9.47 Å². The first-order valence-electron chi connectivity index (χ1n) is 13.5. The molecule has 0 amide bonds. The van der Waals surface area contributed by atoms with Crippen LogP contribution in [0.3, 0.4) is 0 Å². The fourth-order valence-corrected chi connectivity index (χ4v) is 4.04. The van der Waals surface area contributed by atoms with E-state index >= 15 is 0 Å². The molecule has 0 spiro atoms. The lowest BCUT2D eigenvalue weighted by Gasteiger charge is -2.07. The van der Waals surface area contributed by atoms with E-state index in [2.05, 4.69) is 30.8 Å². The Hall–Kier alpha value is -3.43. The second kappa shape index (κ2) is 17.1. The molecule has 0 fully saturated rings. The second-order valence-electron chi connectivity index (χ2n) is 9.31. The van der Waals surface area contributed by atoms with Gasteiger partial charge in [-0.25, -0.2) is 0 Å². The zero-order valence-electron chi connectivity index (χ0n) is 21.9. The Morgan fingerprint density at radius 1 is 0.676 bits per heavy atom. The first kappa shape index (κ1) is 28.1. The molecule has 0 atom stereocenters. The molecular weight excluding hydrogens is 456 g/mol. The lowest BCUT2D eigenvalue weighted by molar-refractivity contribution is 0.104. The van der Waals surface area contributed by atoms with E-state index in [-0.39, 0.29) is 5.78 Å². The highest BCUT2D eigenvalue weighted by atomic mass is 16.5. The minimum atomic E-state index is 0.0108. The van der Waals surface area contributed by atoms with Crippen molar-refractivity contribution in [2.45, 2.75) is 58.0 Å². The first-order chi connectivity index (χ1) is 18.2. The highest BCUT2D eigenvalue weighted by Gasteiger charge is 2.00. The number of carbonyl (C=O) groups excluding carboxylic acids is 1. The van der Waals surface area contributed by atoms with Crippen LogP contribution in [-0.2, 0) is 11.3 Å². The molecule has 0 saturated carbocycles. The van der Waals surface area contributed by atoms with Gasteiger partial charge >= 0.3 is 0 Å². The summed E-state index contributed by atoms with van der Waals surface area (Å²) in [6.07, 6.45) is 15.1. The number of rotatable bonds is 18. The predicted octanol–water partition coefficient (Wildman–Crippen LogP) is 8.94. The van der Waals surface area contributed by atoms with Crippen molar-refractivity contribution in [2.75, 3.05) is 13.2 Å². The Morgan fingerprint density at radius 2 is 1.27 bits per heavy atom. The standard InChI is InChI=1S/C34H40O3/c1-2-29-16-18-31(19-17-29)28-36-26-12-7-5-3-4-6-8-13-27-37-33-23-20-30(21-24-33)22-25-34(35)32-14-10-9-11-15-32/h2,9-11,14-25H,1,3-8,12-13,26-28H2/b25-22+. The number of hydrogen-bond acceptors (Lipinski definition) is 3. The van der Waals surface area contributed by atoms with Gasteiger partial charge in [-0.1, -0.05) is 124 Å². The predicted molar refractivity (Wildman–Crippen MR) is 155 cm³/mol. The molecule has 0 heterocycles. The van der Waals surface area contributed by atoms with Crippen LogP contribution in [-0.4, -0.2) is 19.0 Å². The summed E-state index contributed by atoms with van der Waals surface area (Å²) < 4.78 is 11.7. The Kier molecular flexibility index (Phi) is 13.0. The van der Waals surface area contributed by atoms with Crippen molar-refractivity contribution in [2.24, 2.45) is 0 Å². The van der Waals surface area contributed by atoms with Gasteiger partial charge in [0.05, 0.1) is 13.2 Å². The fraction of sp³-hybridized carbons (Fsp3) is 0.324. The van der Waals surface area contributed by atoms with Gasteiger partial charge in [0.1, 0.15) is 5.75 Å². The third-order valence-electron chi connectivity index (χ3n) is 6.30. The summed E-state index contributed by atoms with van der Waals surface area (Å²) in [6, 6.07) is 25.6. The molecule has 3 aromatic rings. The minimum Gasteiger partial charge on any atom is -0.494 e. The van der Waals surface area contributed by atoms with Crippen LogP contribution in [0, 0.1) is 0 Å². The highest BCUT2D eigenvalue weighted by Crippen LogP contribution is 2.15. The van der Waals surface area contributed by atoms with Crippen LogP contribution in [0.4, 0.5) is 0 Å². The normalized spacial score (nSPS) is 11.0. The summed E-state index contributed by atoms with van der Waals surface area (Å²) in [5, 5.41) is 0. The Bertz CT molecular complexity index is 1070. The summed E-state index contributed by atoms with van der Waals surface area (Å²) in [5.41, 5.74) is 4.05. The van der Waals surface area contributed by atoms with E-state index in [0.29, 0.717) is 12.2 Å². The van der Waals surface area contributed by atoms with Crippen molar-refractivity contribution in [1.29, 1.82) is 0 Å². The van der Waals surface area contributed by atoms with E-state index < -0.39 is 0 Å². The molecule has 194 valence electrons. The van der Waals surface area contributed by atoms with Gasteiger partial charge in [0.15, 0.2) is 5.78 Å². The van der Waals surface area contributed by atoms with Crippen molar-refractivity contribution < 1.29 is 14.3 Å². The van der Waals surface area contributed by atoms with Crippen LogP contribution in [0.5, 0.6) is 5.75 Å². The SMILES string of the molecule is C=Cc1ccc(COCCCCCCCCCCOc2ccc(/C=C/C(=O)c3ccccc3)cc2)cc1. The Balaban J connectivity index is 1.14. The summed E-state index contributed by atoms with van der Waals surface area (Å²) >= 11 is 0. The molecule has 3 rings (SSSR count). The van der Waals surface area contributed by atoms with Crippen LogP contribution in [0.15, 0.2) is 91.5 Å². The molecule has 0 N–H and O–H groups in total. The average molecular weight is 497 g/mol. The van der Waals surface area contributed by atoms with Crippen molar-refractivity contribution in [1.82, 2.24) is 0 Å². The summed E-state index contributed by atoms with van der Waals surface area (Å²) in [4.78, 5) is 12.2. The number of ketones is 1. The van der Waals surface area contributed by atoms with Crippen LogP contribution in [0.2, 0.25) is 0 Å². The number of ether oxygens (including phenoxy) is 2. The van der Waals surface area contributed by atoms with Crippen LogP contribution in [0.25, 0.3) is 12.2 Å². The molecule has 3 nitrogen and oxygen atoms in total. The van der Waals surface area contributed by atoms with Crippen molar-refractivity contribution in [3.05, 3.63) is 114 Å². The molecule has 0 saturated heterocycles. The summed E-state index contributed by atoms with van der Waals surface area (Å²) in [5.74, 6) is 0.888. The maximum absolute atomic E-state index is 12.2. The zero-order valence-corrected chi connectivity index (χ0v) is 21.9. The maximum atomic E-state index is 12.2. The molecule has 3 aromatic carbocycles. The van der Waals surface area contributed by atoms with Crippen LogP contribution in [0.1, 0.15) is 78.4 Å². The van der Waals surface area contributed by atoms with E-state index in [1.165, 1.54) is 44.1 Å². The summed E-state index contributed by atoms with van der Waals surface area (Å²) in [6.45, 7) is 6.05. The van der Waals surface area contributed by atoms with E-state index in [0.717, 1.165) is 42.9 Å². The molecule has 37 heavy (non-hydrogen) atoms. The van der Waals surface area contributed by atoms with Crippen LogP contribution < -0.4 is 4.74 Å². The Morgan fingerprint density at radius 3 is 1.92 bits per heavy atom. The van der Waals surface area contributed by atoms with E-state index in [9.17, 15) is 4.79 Å². The lowest BCUT2D eigenvalue weighted by atomic mass is 10.1. The van der Waals surface area contributed by atoms with Gasteiger partial charge < -0.3 is 9.47 Å². The largest absolute Gasteiger partial charge is 0.494 e. The molecule has 0 aromatic heterocycles. The number of carbonyl (C=O) groups is 1. The van der Waals surface area contributed by atoms with E-state index in [1.54, 1.807) is 6.08 Å². The Labute approximate surface area is 222 Å². The lowest BCUT2D eigenvalue weighted by Crippen LogP contribution is -1.97.